The largest absolute Gasteiger partial charge is 0.367 e. The standard InChI is InChI=1S/C22H20ClN5O2S/c1-13-3-2-4-16(23)19(13)27-20(29)15-5-6-17-18(11-15)31-22(26-17)28-21(30)25-10-8-14-7-9-24-12-14/h2-7,9,11-12,24H,8,10H2,1H3,(H,27,29)(H2,25,26,28,30). The predicted molar refractivity (Wildman–Crippen MR) is 125 cm³/mol. The summed E-state index contributed by atoms with van der Waals surface area (Å²) in [5, 5.41) is 9.37. The smallest absolute Gasteiger partial charge is 0.321 e. The molecule has 0 bridgehead atoms. The number of aromatic amines is 1. The number of H-pyrrole nitrogens is 1. The van der Waals surface area contributed by atoms with Gasteiger partial charge in [-0.3, -0.25) is 10.1 Å². The molecule has 4 rings (SSSR count). The molecule has 0 fully saturated rings. The summed E-state index contributed by atoms with van der Waals surface area (Å²) in [6.07, 6.45) is 4.48. The van der Waals surface area contributed by atoms with Crippen LogP contribution in [0.3, 0.4) is 0 Å². The molecule has 0 radical (unpaired) electrons. The Labute approximate surface area is 187 Å². The number of anilines is 2. The maximum Gasteiger partial charge on any atom is 0.321 e. The fraction of sp³-hybridized carbons (Fsp3) is 0.136. The lowest BCUT2D eigenvalue weighted by Gasteiger charge is -2.10. The third-order valence-electron chi connectivity index (χ3n) is 4.69. The number of nitrogens with zero attached hydrogens (tertiary/aromatic N) is 1. The molecule has 0 atom stereocenters. The zero-order chi connectivity index (χ0) is 21.8. The molecular formula is C22H20ClN5O2S. The Morgan fingerprint density at radius 3 is 2.81 bits per heavy atom. The van der Waals surface area contributed by atoms with Crippen LogP contribution in [0.1, 0.15) is 21.5 Å². The monoisotopic (exact) mass is 453 g/mol. The first-order valence-electron chi connectivity index (χ1n) is 9.63. The van der Waals surface area contributed by atoms with E-state index in [0.29, 0.717) is 33.5 Å². The van der Waals surface area contributed by atoms with Crippen molar-refractivity contribution >= 4 is 55.9 Å². The molecule has 4 N–H and O–H groups in total. The molecule has 3 amide bonds. The van der Waals surface area contributed by atoms with Crippen LogP contribution in [0.4, 0.5) is 15.6 Å². The molecular weight excluding hydrogens is 434 g/mol. The van der Waals surface area contributed by atoms with E-state index in [1.165, 1.54) is 11.3 Å². The molecule has 0 unspecified atom stereocenters. The summed E-state index contributed by atoms with van der Waals surface area (Å²) in [6.45, 7) is 2.40. The Morgan fingerprint density at radius 1 is 1.16 bits per heavy atom. The Balaban J connectivity index is 1.40. The second-order valence-electron chi connectivity index (χ2n) is 6.94. The lowest BCUT2D eigenvalue weighted by atomic mass is 10.1. The highest BCUT2D eigenvalue weighted by Crippen LogP contribution is 2.29. The number of halogens is 1. The molecule has 31 heavy (non-hydrogen) atoms. The molecule has 0 saturated carbocycles. The summed E-state index contributed by atoms with van der Waals surface area (Å²) in [4.78, 5) is 32.2. The van der Waals surface area contributed by atoms with Crippen molar-refractivity contribution in [3.05, 3.63) is 76.6 Å². The second-order valence-corrected chi connectivity index (χ2v) is 8.38. The number of urea groups is 1. The lowest BCUT2D eigenvalue weighted by Crippen LogP contribution is -2.30. The van der Waals surface area contributed by atoms with Crippen molar-refractivity contribution in [2.75, 3.05) is 17.2 Å². The van der Waals surface area contributed by atoms with Crippen LogP contribution in [0.25, 0.3) is 10.2 Å². The molecule has 0 aliphatic heterocycles. The summed E-state index contributed by atoms with van der Waals surface area (Å²) < 4.78 is 0.797. The molecule has 2 aromatic carbocycles. The number of amides is 3. The normalized spacial score (nSPS) is 10.8. The number of aryl methyl sites for hydroxylation is 1. The van der Waals surface area contributed by atoms with Gasteiger partial charge in [0.1, 0.15) is 0 Å². The molecule has 0 saturated heterocycles. The van der Waals surface area contributed by atoms with Crippen LogP contribution in [0.15, 0.2) is 54.9 Å². The van der Waals surface area contributed by atoms with E-state index in [9.17, 15) is 9.59 Å². The molecule has 2 aromatic heterocycles. The molecule has 158 valence electrons. The van der Waals surface area contributed by atoms with Crippen LogP contribution in [0.2, 0.25) is 5.02 Å². The Morgan fingerprint density at radius 2 is 2.03 bits per heavy atom. The summed E-state index contributed by atoms with van der Waals surface area (Å²) in [6, 6.07) is 12.3. The van der Waals surface area contributed by atoms with E-state index < -0.39 is 0 Å². The number of rotatable bonds is 6. The van der Waals surface area contributed by atoms with Gasteiger partial charge in [-0.2, -0.15) is 0 Å². The average Bonchev–Trinajstić information content (AvgIpc) is 3.39. The van der Waals surface area contributed by atoms with Gasteiger partial charge in [0.2, 0.25) is 0 Å². The first-order valence-corrected chi connectivity index (χ1v) is 10.8. The quantitative estimate of drug-likeness (QED) is 0.322. The molecule has 9 heteroatoms. The van der Waals surface area contributed by atoms with E-state index >= 15 is 0 Å². The van der Waals surface area contributed by atoms with Gasteiger partial charge in [-0.15, -0.1) is 0 Å². The summed E-state index contributed by atoms with van der Waals surface area (Å²) in [5.74, 6) is -0.261. The van der Waals surface area contributed by atoms with Gasteiger partial charge in [0.25, 0.3) is 5.91 Å². The van der Waals surface area contributed by atoms with E-state index in [-0.39, 0.29) is 11.9 Å². The van der Waals surface area contributed by atoms with Crippen molar-refractivity contribution in [1.29, 1.82) is 0 Å². The van der Waals surface area contributed by atoms with Crippen molar-refractivity contribution in [2.24, 2.45) is 0 Å². The summed E-state index contributed by atoms with van der Waals surface area (Å²) >= 11 is 7.51. The van der Waals surface area contributed by atoms with Crippen molar-refractivity contribution in [2.45, 2.75) is 13.3 Å². The fourth-order valence-corrected chi connectivity index (χ4v) is 4.24. The highest BCUT2D eigenvalue weighted by molar-refractivity contribution is 7.22. The van der Waals surface area contributed by atoms with Crippen LogP contribution in [-0.4, -0.2) is 28.5 Å². The van der Waals surface area contributed by atoms with Gasteiger partial charge in [0.05, 0.1) is 20.9 Å². The first kappa shape index (κ1) is 20.9. The number of carbonyl (C=O) groups is 2. The van der Waals surface area contributed by atoms with Crippen molar-refractivity contribution in [1.82, 2.24) is 15.3 Å². The SMILES string of the molecule is Cc1cccc(Cl)c1NC(=O)c1ccc2nc(NC(=O)NCCc3cc[nH]c3)sc2c1. The molecule has 0 aliphatic rings. The van der Waals surface area contributed by atoms with E-state index in [4.69, 9.17) is 11.6 Å². The van der Waals surface area contributed by atoms with Crippen LogP contribution in [0.5, 0.6) is 0 Å². The van der Waals surface area contributed by atoms with Gasteiger partial charge in [0, 0.05) is 24.5 Å². The third kappa shape index (κ3) is 5.04. The Bertz CT molecular complexity index is 1220. The second kappa shape index (κ2) is 9.20. The highest BCUT2D eigenvalue weighted by atomic mass is 35.5. The minimum absolute atomic E-state index is 0.261. The predicted octanol–water partition coefficient (Wildman–Crippen LogP) is 5.20. The molecule has 4 aromatic rings. The maximum absolute atomic E-state index is 12.7. The number of aromatic nitrogens is 2. The number of thiazole rings is 1. The first-order chi connectivity index (χ1) is 15.0. The fourth-order valence-electron chi connectivity index (χ4n) is 3.07. The van der Waals surface area contributed by atoms with E-state index in [2.05, 4.69) is 25.9 Å². The van der Waals surface area contributed by atoms with Crippen LogP contribution >= 0.6 is 22.9 Å². The highest BCUT2D eigenvalue weighted by Gasteiger charge is 2.13. The van der Waals surface area contributed by atoms with Gasteiger partial charge < -0.3 is 15.6 Å². The van der Waals surface area contributed by atoms with Crippen molar-refractivity contribution < 1.29 is 9.59 Å². The number of hydrogen-bond acceptors (Lipinski definition) is 4. The van der Waals surface area contributed by atoms with Crippen LogP contribution < -0.4 is 16.0 Å². The van der Waals surface area contributed by atoms with Crippen molar-refractivity contribution in [3.8, 4) is 0 Å². The minimum atomic E-state index is -0.318. The molecule has 7 nitrogen and oxygen atoms in total. The van der Waals surface area contributed by atoms with Crippen LogP contribution in [-0.2, 0) is 6.42 Å². The van der Waals surface area contributed by atoms with Gasteiger partial charge in [-0.05, 0) is 54.8 Å². The van der Waals surface area contributed by atoms with Gasteiger partial charge >= 0.3 is 6.03 Å². The van der Waals surface area contributed by atoms with Crippen LogP contribution in [0, 0.1) is 6.92 Å². The summed E-state index contributed by atoms with van der Waals surface area (Å²) in [7, 11) is 0. The number of nitrogens with one attached hydrogen (secondary N) is 4. The van der Waals surface area contributed by atoms with E-state index in [1.54, 1.807) is 24.3 Å². The minimum Gasteiger partial charge on any atom is -0.367 e. The number of fused-ring (bicyclic) bond motifs is 1. The number of para-hydroxylation sites is 1. The Kier molecular flexibility index (Phi) is 6.20. The molecule has 2 heterocycles. The summed E-state index contributed by atoms with van der Waals surface area (Å²) in [5.41, 5.74) is 3.79. The zero-order valence-electron chi connectivity index (χ0n) is 16.7. The third-order valence-corrected chi connectivity index (χ3v) is 5.94. The van der Waals surface area contributed by atoms with Crippen molar-refractivity contribution in [3.63, 3.8) is 0 Å². The molecule has 0 aliphatic carbocycles. The average molecular weight is 454 g/mol. The van der Waals surface area contributed by atoms with Gasteiger partial charge in [-0.25, -0.2) is 9.78 Å². The van der Waals surface area contributed by atoms with E-state index in [1.807, 2.05) is 37.5 Å². The zero-order valence-corrected chi connectivity index (χ0v) is 18.2. The maximum atomic E-state index is 12.7. The number of hydrogen-bond donors (Lipinski definition) is 4. The van der Waals surface area contributed by atoms with Gasteiger partial charge in [0.15, 0.2) is 5.13 Å². The Hall–Kier alpha value is -3.36. The lowest BCUT2D eigenvalue weighted by molar-refractivity contribution is 0.102. The number of carbonyl (C=O) groups excluding carboxylic acids is 2. The number of benzene rings is 2. The molecule has 0 spiro atoms. The van der Waals surface area contributed by atoms with Gasteiger partial charge in [-0.1, -0.05) is 35.1 Å². The topological polar surface area (TPSA) is 98.9 Å². The van der Waals surface area contributed by atoms with E-state index in [0.717, 1.165) is 22.2 Å².